The summed E-state index contributed by atoms with van der Waals surface area (Å²) in [6.07, 6.45) is 0.718. The zero-order valence-electron chi connectivity index (χ0n) is 15.0. The number of benzene rings is 2. The number of carbonyl (C=O) groups excluding carboxylic acids is 1. The van der Waals surface area contributed by atoms with Gasteiger partial charge in [-0.3, -0.25) is 4.79 Å². The van der Waals surface area contributed by atoms with Gasteiger partial charge in [-0.1, -0.05) is 24.3 Å². The smallest absolute Gasteiger partial charge is 0.238 e. The highest BCUT2D eigenvalue weighted by atomic mass is 16.7. The van der Waals surface area contributed by atoms with Crippen molar-refractivity contribution in [3.63, 3.8) is 0 Å². The number of carbonyl (C=O) groups is 1. The normalized spacial score (nSPS) is 21.0. The number of nitrogens with one attached hydrogen (secondary N) is 3. The molecule has 1 saturated heterocycles. The Hall–Kier alpha value is -2.57. The van der Waals surface area contributed by atoms with Gasteiger partial charge in [-0.2, -0.15) is 0 Å². The molecule has 4 rings (SSSR count). The fourth-order valence-corrected chi connectivity index (χ4v) is 3.29. The van der Waals surface area contributed by atoms with Gasteiger partial charge in [0, 0.05) is 12.6 Å². The van der Waals surface area contributed by atoms with E-state index >= 15 is 0 Å². The predicted octanol–water partition coefficient (Wildman–Crippen LogP) is 2.26. The molecule has 6 nitrogen and oxygen atoms in total. The van der Waals surface area contributed by atoms with Gasteiger partial charge in [-0.25, -0.2) is 10.9 Å². The highest BCUT2D eigenvalue weighted by Gasteiger charge is 2.30. The van der Waals surface area contributed by atoms with Crippen LogP contribution in [0.3, 0.4) is 0 Å². The van der Waals surface area contributed by atoms with Crippen molar-refractivity contribution < 1.29 is 14.3 Å². The van der Waals surface area contributed by atoms with Crippen LogP contribution >= 0.6 is 0 Å². The minimum absolute atomic E-state index is 0.0125. The second-order valence-corrected chi connectivity index (χ2v) is 6.88. The van der Waals surface area contributed by atoms with Crippen LogP contribution in [-0.2, 0) is 11.3 Å². The molecule has 2 aromatic rings. The zero-order chi connectivity index (χ0) is 18.1. The van der Waals surface area contributed by atoms with Gasteiger partial charge in [0.05, 0.1) is 0 Å². The maximum Gasteiger partial charge on any atom is 0.238 e. The van der Waals surface area contributed by atoms with Crippen LogP contribution in [0.2, 0.25) is 0 Å². The van der Waals surface area contributed by atoms with Crippen LogP contribution in [0.4, 0.5) is 0 Å². The molecule has 6 heteroatoms. The first-order valence-corrected chi connectivity index (χ1v) is 8.84. The van der Waals surface area contributed by atoms with E-state index in [2.05, 4.69) is 48.2 Å². The number of amides is 1. The van der Waals surface area contributed by atoms with Crippen molar-refractivity contribution in [1.82, 2.24) is 16.2 Å². The van der Waals surface area contributed by atoms with Gasteiger partial charge in [0.25, 0.3) is 0 Å². The predicted molar refractivity (Wildman–Crippen MR) is 97.7 cm³/mol. The lowest BCUT2D eigenvalue weighted by Gasteiger charge is -2.12. The zero-order valence-corrected chi connectivity index (χ0v) is 15.0. The minimum Gasteiger partial charge on any atom is -0.454 e. The van der Waals surface area contributed by atoms with E-state index in [0.717, 1.165) is 23.5 Å². The largest absolute Gasteiger partial charge is 0.454 e. The van der Waals surface area contributed by atoms with E-state index in [4.69, 9.17) is 9.47 Å². The summed E-state index contributed by atoms with van der Waals surface area (Å²) >= 11 is 0. The van der Waals surface area contributed by atoms with Crippen LogP contribution in [-0.4, -0.2) is 18.7 Å². The summed E-state index contributed by atoms with van der Waals surface area (Å²) < 4.78 is 10.7. The van der Waals surface area contributed by atoms with Crippen molar-refractivity contribution >= 4 is 5.91 Å². The number of rotatable bonds is 4. The SMILES string of the molecule is Cc1ccc(C2CC(C(=O)NCc3ccc4c(c3)OCO4)NN2)cc1C. The third-order valence-corrected chi connectivity index (χ3v) is 5.06. The molecule has 0 aromatic heterocycles. The molecule has 2 atom stereocenters. The van der Waals surface area contributed by atoms with Crippen molar-refractivity contribution in [2.45, 2.75) is 38.9 Å². The van der Waals surface area contributed by atoms with Crippen molar-refractivity contribution in [2.75, 3.05) is 6.79 Å². The van der Waals surface area contributed by atoms with E-state index < -0.39 is 0 Å². The monoisotopic (exact) mass is 353 g/mol. The number of fused-ring (bicyclic) bond motifs is 1. The lowest BCUT2D eigenvalue weighted by molar-refractivity contribution is -0.123. The summed E-state index contributed by atoms with van der Waals surface area (Å²) in [5.74, 6) is 1.46. The molecule has 0 bridgehead atoms. The first kappa shape index (κ1) is 16.9. The Morgan fingerprint density at radius 1 is 1.08 bits per heavy atom. The molecule has 0 aliphatic carbocycles. The van der Waals surface area contributed by atoms with Gasteiger partial charge in [0.2, 0.25) is 12.7 Å². The summed E-state index contributed by atoms with van der Waals surface area (Å²) in [5, 5.41) is 2.99. The van der Waals surface area contributed by atoms with Gasteiger partial charge in [-0.15, -0.1) is 0 Å². The third-order valence-electron chi connectivity index (χ3n) is 5.06. The van der Waals surface area contributed by atoms with Crippen LogP contribution < -0.4 is 25.6 Å². The molecule has 1 amide bonds. The Balaban J connectivity index is 1.33. The van der Waals surface area contributed by atoms with E-state index in [9.17, 15) is 4.79 Å². The first-order chi connectivity index (χ1) is 12.6. The Kier molecular flexibility index (Phi) is 4.53. The molecule has 2 aliphatic rings. The molecule has 2 aliphatic heterocycles. The van der Waals surface area contributed by atoms with Crippen molar-refractivity contribution in [2.24, 2.45) is 0 Å². The molecule has 26 heavy (non-hydrogen) atoms. The Bertz CT molecular complexity index is 837. The van der Waals surface area contributed by atoms with Gasteiger partial charge < -0.3 is 14.8 Å². The molecule has 0 radical (unpaired) electrons. The molecule has 2 aromatic carbocycles. The highest BCUT2D eigenvalue weighted by molar-refractivity contribution is 5.82. The van der Waals surface area contributed by atoms with E-state index in [-0.39, 0.29) is 24.8 Å². The van der Waals surface area contributed by atoms with Crippen molar-refractivity contribution in [3.05, 3.63) is 58.7 Å². The topological polar surface area (TPSA) is 71.6 Å². The van der Waals surface area contributed by atoms with Gasteiger partial charge >= 0.3 is 0 Å². The Morgan fingerprint density at radius 3 is 2.77 bits per heavy atom. The van der Waals surface area contributed by atoms with E-state index in [0.29, 0.717) is 6.54 Å². The molecule has 0 saturated carbocycles. The first-order valence-electron chi connectivity index (χ1n) is 8.84. The molecular formula is C20H23N3O3. The number of aryl methyl sites for hydroxylation is 2. The van der Waals surface area contributed by atoms with Gasteiger partial charge in [0.15, 0.2) is 11.5 Å². The van der Waals surface area contributed by atoms with Gasteiger partial charge in [0.1, 0.15) is 6.04 Å². The van der Waals surface area contributed by atoms with Crippen LogP contribution in [0.1, 0.15) is 34.7 Å². The number of hydrogen-bond acceptors (Lipinski definition) is 5. The lowest BCUT2D eigenvalue weighted by atomic mass is 9.98. The van der Waals surface area contributed by atoms with Crippen molar-refractivity contribution in [3.8, 4) is 11.5 Å². The third kappa shape index (κ3) is 3.38. The average Bonchev–Trinajstić information content (AvgIpc) is 3.30. The van der Waals surface area contributed by atoms with E-state index in [1.54, 1.807) is 0 Å². The Labute approximate surface area is 152 Å². The fourth-order valence-electron chi connectivity index (χ4n) is 3.29. The summed E-state index contributed by atoms with van der Waals surface area (Å²) in [4.78, 5) is 12.5. The second kappa shape index (κ2) is 6.97. The van der Waals surface area contributed by atoms with Crippen LogP contribution in [0.15, 0.2) is 36.4 Å². The number of ether oxygens (including phenoxy) is 2. The van der Waals surface area contributed by atoms with Crippen LogP contribution in [0, 0.1) is 13.8 Å². The molecule has 1 fully saturated rings. The van der Waals surface area contributed by atoms with E-state index in [1.807, 2.05) is 18.2 Å². The maximum absolute atomic E-state index is 12.5. The number of hydrogen-bond donors (Lipinski definition) is 3. The molecule has 3 N–H and O–H groups in total. The summed E-state index contributed by atoms with van der Waals surface area (Å²) in [6.45, 7) is 4.92. The second-order valence-electron chi connectivity index (χ2n) is 6.88. The molecule has 2 heterocycles. The summed E-state index contributed by atoms with van der Waals surface area (Å²) in [6, 6.07) is 12.0. The molecule has 2 unspecified atom stereocenters. The van der Waals surface area contributed by atoms with Crippen LogP contribution in [0.5, 0.6) is 11.5 Å². The molecular weight excluding hydrogens is 330 g/mol. The quantitative estimate of drug-likeness (QED) is 0.786. The van der Waals surface area contributed by atoms with E-state index in [1.165, 1.54) is 16.7 Å². The number of hydrazine groups is 1. The summed E-state index contributed by atoms with van der Waals surface area (Å²) in [5.41, 5.74) is 11.1. The minimum atomic E-state index is -0.254. The maximum atomic E-state index is 12.5. The van der Waals surface area contributed by atoms with Crippen LogP contribution in [0.25, 0.3) is 0 Å². The molecule has 136 valence electrons. The van der Waals surface area contributed by atoms with Crippen molar-refractivity contribution in [1.29, 1.82) is 0 Å². The lowest BCUT2D eigenvalue weighted by Crippen LogP contribution is -2.42. The summed E-state index contributed by atoms with van der Waals surface area (Å²) in [7, 11) is 0. The average molecular weight is 353 g/mol. The fraction of sp³-hybridized carbons (Fsp3) is 0.350. The molecule has 0 spiro atoms. The highest BCUT2D eigenvalue weighted by Crippen LogP contribution is 2.32. The Morgan fingerprint density at radius 2 is 1.92 bits per heavy atom. The van der Waals surface area contributed by atoms with Gasteiger partial charge in [-0.05, 0) is 54.7 Å². The standard InChI is InChI=1S/C20H23N3O3/c1-12-3-5-15(7-13(12)2)16-9-17(23-22-16)20(24)21-10-14-4-6-18-19(8-14)26-11-25-18/h3-8,16-17,22-23H,9-11H2,1-2H3,(H,21,24).